The van der Waals surface area contributed by atoms with Crippen LogP contribution in [0.2, 0.25) is 0 Å². The summed E-state index contributed by atoms with van der Waals surface area (Å²) in [6.45, 7) is 7.12. The van der Waals surface area contributed by atoms with Gasteiger partial charge in [-0.2, -0.15) is 0 Å². The molecule has 1 unspecified atom stereocenters. The summed E-state index contributed by atoms with van der Waals surface area (Å²) in [6, 6.07) is 9.12. The molecule has 138 valence electrons. The van der Waals surface area contributed by atoms with Gasteiger partial charge in [0, 0.05) is 35.7 Å². The smallest absolute Gasteiger partial charge is 0.245 e. The Hall–Kier alpha value is -3.15. The molecule has 6 heteroatoms. The van der Waals surface area contributed by atoms with E-state index < -0.39 is 0 Å². The Morgan fingerprint density at radius 3 is 2.96 bits per heavy atom. The van der Waals surface area contributed by atoms with Crippen LogP contribution in [-0.4, -0.2) is 44.2 Å². The van der Waals surface area contributed by atoms with Crippen LogP contribution in [0.25, 0.3) is 22.3 Å². The molecule has 0 aliphatic carbocycles. The lowest BCUT2D eigenvalue weighted by Crippen LogP contribution is -2.26. The number of nitrogens with one attached hydrogen (secondary N) is 1. The number of carbonyl (C=O) groups excluding carboxylic acids is 1. The predicted molar refractivity (Wildman–Crippen MR) is 105 cm³/mol. The lowest BCUT2D eigenvalue weighted by molar-refractivity contribution is -0.125. The molecular weight excluding hydrogens is 340 g/mol. The number of phenolic OH excluding ortho intramolecular Hbond substituents is 1. The van der Waals surface area contributed by atoms with E-state index in [0.717, 1.165) is 36.1 Å². The van der Waals surface area contributed by atoms with Gasteiger partial charge in [-0.05, 0) is 42.7 Å². The number of hydrogen-bond donors (Lipinski definition) is 2. The molecule has 3 aromatic rings. The minimum absolute atomic E-state index is 0.0201. The summed E-state index contributed by atoms with van der Waals surface area (Å²) in [7, 11) is 0. The Balaban J connectivity index is 1.75. The molecule has 1 atom stereocenters. The summed E-state index contributed by atoms with van der Waals surface area (Å²) in [6.07, 6.45) is 3.14. The maximum atomic E-state index is 11.9. The maximum absolute atomic E-state index is 11.9. The summed E-state index contributed by atoms with van der Waals surface area (Å²) in [5.41, 5.74) is 4.40. The number of fused-ring (bicyclic) bond motifs is 1. The van der Waals surface area contributed by atoms with Gasteiger partial charge in [0.25, 0.3) is 0 Å². The minimum atomic E-state index is -0.0201. The molecule has 6 nitrogen and oxygen atoms in total. The topological polar surface area (TPSA) is 82.1 Å². The second kappa shape index (κ2) is 6.87. The molecule has 4 rings (SSSR count). The van der Waals surface area contributed by atoms with E-state index >= 15 is 0 Å². The molecule has 27 heavy (non-hydrogen) atoms. The zero-order chi connectivity index (χ0) is 19.0. The second-order valence-corrected chi connectivity index (χ2v) is 6.85. The fourth-order valence-corrected chi connectivity index (χ4v) is 3.94. The number of aromatic amines is 1. The number of amides is 1. The maximum Gasteiger partial charge on any atom is 0.245 e. The molecule has 0 radical (unpaired) electrons. The molecule has 0 spiro atoms. The van der Waals surface area contributed by atoms with Gasteiger partial charge in [-0.3, -0.25) is 4.79 Å². The SMILES string of the molecule is C=CC(=O)N1CCC(c2[nH]c3nnc(-c4ccccc4O)cc3c2CC)C1. The van der Waals surface area contributed by atoms with Crippen LogP contribution in [0, 0.1) is 0 Å². The first-order chi connectivity index (χ1) is 13.1. The summed E-state index contributed by atoms with van der Waals surface area (Å²) in [5.74, 6) is 0.425. The first-order valence-corrected chi connectivity index (χ1v) is 9.20. The van der Waals surface area contributed by atoms with Crippen LogP contribution in [0.1, 0.15) is 30.5 Å². The number of para-hydroxylation sites is 1. The van der Waals surface area contributed by atoms with Crippen LogP contribution in [0.15, 0.2) is 43.0 Å². The molecule has 1 fully saturated rings. The van der Waals surface area contributed by atoms with Crippen LogP contribution < -0.4 is 0 Å². The number of phenols is 1. The summed E-state index contributed by atoms with van der Waals surface area (Å²) in [4.78, 5) is 17.2. The average Bonchev–Trinajstić information content (AvgIpc) is 3.31. The highest BCUT2D eigenvalue weighted by Crippen LogP contribution is 2.35. The standard InChI is InChI=1S/C21H22N4O2/c1-3-14-16-11-17(15-7-5-6-8-18(15)26)23-24-21(16)22-20(14)13-9-10-25(12-13)19(27)4-2/h4-8,11,13,26H,2-3,9-10,12H2,1H3,(H,22,24). The Morgan fingerprint density at radius 1 is 1.41 bits per heavy atom. The van der Waals surface area contributed by atoms with E-state index in [0.29, 0.717) is 17.8 Å². The normalized spacial score (nSPS) is 16.8. The first-order valence-electron chi connectivity index (χ1n) is 9.20. The molecule has 0 bridgehead atoms. The van der Waals surface area contributed by atoms with Gasteiger partial charge in [0.05, 0.1) is 5.69 Å². The average molecular weight is 362 g/mol. The molecular formula is C21H22N4O2. The quantitative estimate of drug-likeness (QED) is 0.697. The first kappa shape index (κ1) is 17.3. The molecule has 1 saturated heterocycles. The van der Waals surface area contributed by atoms with Crippen molar-refractivity contribution in [2.75, 3.05) is 13.1 Å². The summed E-state index contributed by atoms with van der Waals surface area (Å²) in [5, 5.41) is 19.8. The van der Waals surface area contributed by atoms with Crippen molar-refractivity contribution in [1.29, 1.82) is 0 Å². The van der Waals surface area contributed by atoms with Gasteiger partial charge in [-0.1, -0.05) is 25.6 Å². The number of nitrogens with zero attached hydrogens (tertiary/aromatic N) is 3. The van der Waals surface area contributed by atoms with E-state index in [9.17, 15) is 9.90 Å². The number of benzene rings is 1. The minimum Gasteiger partial charge on any atom is -0.507 e. The van der Waals surface area contributed by atoms with Crippen molar-refractivity contribution in [2.45, 2.75) is 25.7 Å². The largest absolute Gasteiger partial charge is 0.507 e. The molecule has 0 saturated carbocycles. The lowest BCUT2D eigenvalue weighted by Gasteiger charge is -2.14. The van der Waals surface area contributed by atoms with Crippen molar-refractivity contribution in [3.63, 3.8) is 0 Å². The van der Waals surface area contributed by atoms with Crippen LogP contribution in [0.3, 0.4) is 0 Å². The number of aryl methyl sites for hydroxylation is 1. The van der Waals surface area contributed by atoms with Crippen molar-refractivity contribution in [1.82, 2.24) is 20.1 Å². The number of hydrogen-bond acceptors (Lipinski definition) is 4. The van der Waals surface area contributed by atoms with E-state index in [2.05, 4.69) is 28.7 Å². The lowest BCUT2D eigenvalue weighted by atomic mass is 9.98. The zero-order valence-electron chi connectivity index (χ0n) is 15.3. The second-order valence-electron chi connectivity index (χ2n) is 6.85. The summed E-state index contributed by atoms with van der Waals surface area (Å²) < 4.78 is 0. The van der Waals surface area contributed by atoms with Gasteiger partial charge in [0.15, 0.2) is 5.65 Å². The monoisotopic (exact) mass is 362 g/mol. The highest BCUT2D eigenvalue weighted by atomic mass is 16.3. The number of rotatable bonds is 4. The van der Waals surface area contributed by atoms with E-state index in [-0.39, 0.29) is 17.6 Å². The third-order valence-electron chi connectivity index (χ3n) is 5.31. The molecule has 3 heterocycles. The Labute approximate surface area is 157 Å². The van der Waals surface area contributed by atoms with Crippen molar-refractivity contribution in [3.05, 3.63) is 54.2 Å². The number of likely N-dealkylation sites (tertiary alicyclic amines) is 1. The Morgan fingerprint density at radius 2 is 2.22 bits per heavy atom. The van der Waals surface area contributed by atoms with Crippen molar-refractivity contribution >= 4 is 16.9 Å². The van der Waals surface area contributed by atoms with E-state index in [1.807, 2.05) is 23.1 Å². The molecule has 1 amide bonds. The van der Waals surface area contributed by atoms with Crippen LogP contribution in [0.5, 0.6) is 5.75 Å². The third-order valence-corrected chi connectivity index (χ3v) is 5.31. The van der Waals surface area contributed by atoms with E-state index in [4.69, 9.17) is 0 Å². The number of aromatic nitrogens is 3. The highest BCUT2D eigenvalue weighted by molar-refractivity contribution is 5.88. The van der Waals surface area contributed by atoms with Gasteiger partial charge in [-0.25, -0.2) is 0 Å². The zero-order valence-corrected chi connectivity index (χ0v) is 15.3. The van der Waals surface area contributed by atoms with Gasteiger partial charge in [0.1, 0.15) is 5.75 Å². The Kier molecular flexibility index (Phi) is 4.39. The number of carbonyl (C=O) groups is 1. The van der Waals surface area contributed by atoms with E-state index in [1.54, 1.807) is 12.1 Å². The van der Waals surface area contributed by atoms with Crippen molar-refractivity contribution in [3.8, 4) is 17.0 Å². The number of H-pyrrole nitrogens is 1. The van der Waals surface area contributed by atoms with Gasteiger partial charge in [0.2, 0.25) is 5.91 Å². The fraction of sp³-hybridized carbons (Fsp3) is 0.286. The van der Waals surface area contributed by atoms with Crippen LogP contribution in [-0.2, 0) is 11.2 Å². The number of aromatic hydroxyl groups is 1. The Bertz CT molecular complexity index is 1020. The molecule has 1 aliphatic rings. The van der Waals surface area contributed by atoms with Crippen molar-refractivity contribution in [2.24, 2.45) is 0 Å². The third kappa shape index (κ3) is 2.97. The van der Waals surface area contributed by atoms with E-state index in [1.165, 1.54) is 11.6 Å². The molecule has 1 aromatic carbocycles. The van der Waals surface area contributed by atoms with Gasteiger partial charge >= 0.3 is 0 Å². The van der Waals surface area contributed by atoms with Crippen LogP contribution in [0.4, 0.5) is 0 Å². The fourth-order valence-electron chi connectivity index (χ4n) is 3.94. The van der Waals surface area contributed by atoms with Gasteiger partial charge in [-0.15, -0.1) is 10.2 Å². The highest BCUT2D eigenvalue weighted by Gasteiger charge is 2.29. The molecule has 1 aliphatic heterocycles. The summed E-state index contributed by atoms with van der Waals surface area (Å²) >= 11 is 0. The molecule has 2 aromatic heterocycles. The van der Waals surface area contributed by atoms with Crippen molar-refractivity contribution < 1.29 is 9.90 Å². The van der Waals surface area contributed by atoms with Crippen LogP contribution >= 0.6 is 0 Å². The molecule has 2 N–H and O–H groups in total. The predicted octanol–water partition coefficient (Wildman–Crippen LogP) is 3.39. The van der Waals surface area contributed by atoms with Gasteiger partial charge < -0.3 is 15.0 Å².